The van der Waals surface area contributed by atoms with Crippen LogP contribution in [0.5, 0.6) is 0 Å². The maximum Gasteiger partial charge on any atom is 1.00 e. The maximum absolute atomic E-state index is 9.00. The Labute approximate surface area is 104 Å². The molecule has 0 atom stereocenters. The molecule has 0 unspecified atom stereocenters. The Morgan fingerprint density at radius 2 is 1.14 bits per heavy atom. The Morgan fingerprint density at radius 3 is 1.14 bits per heavy atom. The van der Waals surface area contributed by atoms with Crippen LogP contribution in [0.1, 0.15) is 13.8 Å². The second-order valence-electron chi connectivity index (χ2n) is 1.41. The third-order valence-electron chi connectivity index (χ3n) is 0. The number of aliphatic carboxylic acids is 2. The quantitative estimate of drug-likeness (QED) is 0.395. The van der Waals surface area contributed by atoms with E-state index in [0.717, 1.165) is 13.8 Å². The molecule has 0 aromatic carbocycles. The number of carboxylic acid groups (broad SMARTS) is 2. The summed E-state index contributed by atoms with van der Waals surface area (Å²) < 4.78 is 32.7. The van der Waals surface area contributed by atoms with E-state index >= 15 is 0 Å². The third-order valence-corrected chi connectivity index (χ3v) is 0. The molecule has 10 heteroatoms. The Hall–Kier alpha value is 0.0700. The van der Waals surface area contributed by atoms with E-state index < -0.39 is 22.2 Å². The number of hydrogen-bond donors (Lipinski definition) is 2. The summed E-state index contributed by atoms with van der Waals surface area (Å²) in [5.41, 5.74) is 0. The van der Waals surface area contributed by atoms with Crippen LogP contribution in [0.15, 0.2) is 0 Å². The van der Waals surface area contributed by atoms with Gasteiger partial charge in [-0.1, -0.05) is 0 Å². The monoisotopic (exact) mass is 242 g/mol. The summed E-state index contributed by atoms with van der Waals surface area (Å²) in [6, 6.07) is 0. The first-order chi connectivity index (χ1) is 5.46. The smallest absolute Gasteiger partial charge is 0.550 e. The van der Waals surface area contributed by atoms with Crippen LogP contribution in [0.4, 0.5) is 0 Å². The van der Waals surface area contributed by atoms with Crippen molar-refractivity contribution < 1.29 is 78.2 Å². The zero-order valence-electron chi connectivity index (χ0n) is 7.72. The minimum Gasteiger partial charge on any atom is -0.550 e. The van der Waals surface area contributed by atoms with Crippen molar-refractivity contribution in [1.29, 1.82) is 0 Å². The van der Waals surface area contributed by atoms with Crippen molar-refractivity contribution >= 4 is 11.9 Å². The summed E-state index contributed by atoms with van der Waals surface area (Å²) in [6.45, 7) is 2.06. The summed E-state index contributed by atoms with van der Waals surface area (Å²) in [6.07, 6.45) is 0. The van der Waals surface area contributed by atoms with E-state index in [4.69, 9.17) is 38.4 Å². The van der Waals surface area contributed by atoms with E-state index in [1.165, 1.54) is 0 Å². The summed E-state index contributed by atoms with van der Waals surface area (Å²) in [5, 5.41) is 16.3. The zero-order valence-corrected chi connectivity index (χ0v) is 10.5. The van der Waals surface area contributed by atoms with Crippen molar-refractivity contribution in [3.8, 4) is 0 Å². The van der Waals surface area contributed by atoms with E-state index in [2.05, 4.69) is 0 Å². The fourth-order valence-corrected chi connectivity index (χ4v) is 0. The number of hydrogen-bond acceptors (Lipinski definition) is 7. The van der Waals surface area contributed by atoms with Crippen molar-refractivity contribution in [3.05, 3.63) is 0 Å². The van der Waals surface area contributed by atoms with Crippen LogP contribution in [0.25, 0.3) is 0 Å². The van der Waals surface area contributed by atoms with Gasteiger partial charge >= 0.3 is 29.6 Å². The molecule has 0 saturated carbocycles. The Bertz CT molecular complexity index is 128. The first-order valence-electron chi connectivity index (χ1n) is 2.47. The largest absolute Gasteiger partial charge is 1.00 e. The minimum atomic E-state index is -4.69. The van der Waals surface area contributed by atoms with Crippen LogP contribution in [-0.2, 0) is 9.59 Å². The molecule has 0 saturated heterocycles. The van der Waals surface area contributed by atoms with Crippen LogP contribution >= 0.6 is 0 Å². The van der Waals surface area contributed by atoms with Gasteiger partial charge in [0.25, 0.3) is 5.97 Å². The van der Waals surface area contributed by atoms with Crippen molar-refractivity contribution in [2.24, 2.45) is 0 Å². The van der Waals surface area contributed by atoms with Crippen LogP contribution in [0.2, 0.25) is 0 Å². The molecule has 0 fully saturated rings. The maximum atomic E-state index is 9.00. The van der Waals surface area contributed by atoms with Crippen LogP contribution in [0.3, 0.4) is 0 Å². The van der Waals surface area contributed by atoms with Crippen LogP contribution in [0, 0.1) is 10.2 Å². The molecule has 0 heterocycles. The van der Waals surface area contributed by atoms with Gasteiger partial charge in [0, 0.05) is 12.9 Å². The van der Waals surface area contributed by atoms with Gasteiger partial charge in [0.05, 0.1) is 14.9 Å². The molecule has 0 amide bonds. The number of carbonyl (C=O) groups excluding carboxylic acids is 1. The van der Waals surface area contributed by atoms with Crippen LogP contribution < -0.4 is 48.6 Å². The van der Waals surface area contributed by atoms with Gasteiger partial charge in [0.15, 0.2) is 0 Å². The van der Waals surface area contributed by atoms with Gasteiger partial charge in [0.1, 0.15) is 0 Å². The molecule has 0 aliphatic heterocycles. The van der Waals surface area contributed by atoms with Gasteiger partial charge in [0.2, 0.25) is 0 Å². The molecule has 0 radical (unpaired) electrons. The first kappa shape index (κ1) is 23.7. The van der Waals surface area contributed by atoms with Gasteiger partial charge in [-0.15, -0.1) is 0 Å². The second-order valence-corrected chi connectivity index (χ2v) is 2.20. The van der Waals surface area contributed by atoms with Gasteiger partial charge in [-0.05, 0) is 6.92 Å². The Balaban J connectivity index is -0.0000000522. The topological polar surface area (TPSA) is 167 Å². The number of carbonyl (C=O) groups is 2. The van der Waals surface area contributed by atoms with E-state index in [1.807, 2.05) is 0 Å². The van der Waals surface area contributed by atoms with Gasteiger partial charge in [-0.3, -0.25) is 4.79 Å². The van der Waals surface area contributed by atoms with Gasteiger partial charge in [-0.25, -0.2) is 0 Å². The average Bonchev–Trinajstić information content (AvgIpc) is 1.50. The molecule has 0 aliphatic carbocycles. The first-order valence-corrected chi connectivity index (χ1v) is 3.73. The summed E-state index contributed by atoms with van der Waals surface area (Å²) in [7, 11) is -4.69. The molecule has 0 bridgehead atoms. The molecule has 14 heavy (non-hydrogen) atoms. The van der Waals surface area contributed by atoms with E-state index in [-0.39, 0.29) is 29.6 Å². The molecule has 2 N–H and O–H groups in total. The zero-order chi connectivity index (χ0) is 11.7. The average molecular weight is 243 g/mol. The van der Waals surface area contributed by atoms with Crippen LogP contribution in [-0.4, -0.2) is 21.7 Å². The summed E-state index contributed by atoms with van der Waals surface area (Å²) in [4.78, 5) is 17.9. The standard InChI is InChI=1S/2C2H4O2.ClHO4.Na/c2*1-2(3)4;2-1(3,4)5;/h2*1H3,(H,3,4);(H,2,3,4,5);/q;;;+1/p-1. The number of rotatable bonds is 0. The Kier molecular flexibility index (Phi) is 22.1. The van der Waals surface area contributed by atoms with Crippen molar-refractivity contribution in [2.75, 3.05) is 0 Å². The van der Waals surface area contributed by atoms with Gasteiger partial charge in [-0.2, -0.15) is 14.0 Å². The predicted octanol–water partition coefficient (Wildman–Crippen LogP) is -8.27. The summed E-state index contributed by atoms with van der Waals surface area (Å²) in [5.74, 6) is -1.92. The SMILES string of the molecule is CC(=O)O.CC(=O)[O-].[Na+].[O-][Cl+3]([O-])([O-])O. The molecule has 80 valence electrons. The molecule has 0 aliphatic rings. The van der Waals surface area contributed by atoms with Crippen molar-refractivity contribution in [3.63, 3.8) is 0 Å². The van der Waals surface area contributed by atoms with Crippen molar-refractivity contribution in [2.45, 2.75) is 13.8 Å². The number of carboxylic acids is 2. The van der Waals surface area contributed by atoms with Gasteiger partial charge < -0.3 is 15.0 Å². The summed E-state index contributed by atoms with van der Waals surface area (Å²) >= 11 is 0. The molecular formula is C4H8ClNaO8. The third kappa shape index (κ3) is 302000. The normalized spacial score (nSPS) is 7.86. The second kappa shape index (κ2) is 13.1. The molecule has 0 spiro atoms. The van der Waals surface area contributed by atoms with E-state index in [9.17, 15) is 0 Å². The van der Waals surface area contributed by atoms with E-state index in [0.29, 0.717) is 0 Å². The molecule has 0 aromatic rings. The molecule has 8 nitrogen and oxygen atoms in total. The molecule has 0 aromatic heterocycles. The fraction of sp³-hybridized carbons (Fsp3) is 0.500. The number of halogens is 1. The predicted molar refractivity (Wildman–Crippen MR) is 26.2 cm³/mol. The fourth-order valence-electron chi connectivity index (χ4n) is 0. The molecular weight excluding hydrogens is 234 g/mol. The molecule has 0 rings (SSSR count). The Morgan fingerprint density at radius 1 is 1.14 bits per heavy atom. The van der Waals surface area contributed by atoms with Crippen molar-refractivity contribution in [1.82, 2.24) is 0 Å². The van der Waals surface area contributed by atoms with E-state index in [1.54, 1.807) is 0 Å². The minimum absolute atomic E-state index is 0.